The highest BCUT2D eigenvalue weighted by Gasteiger charge is 2.16. The third kappa shape index (κ3) is 2.56. The Morgan fingerprint density at radius 2 is 2.28 bits per heavy atom. The van der Waals surface area contributed by atoms with Crippen LogP contribution in [0, 0.1) is 0 Å². The van der Waals surface area contributed by atoms with E-state index in [1.807, 2.05) is 35.8 Å². The summed E-state index contributed by atoms with van der Waals surface area (Å²) in [6, 6.07) is 7.32. The minimum atomic E-state index is -0.422. The van der Waals surface area contributed by atoms with Crippen LogP contribution in [0.2, 0.25) is 5.02 Å². The monoisotopic (exact) mass is 265 g/mol. The lowest BCUT2D eigenvalue weighted by Crippen LogP contribution is -2.20. The molecule has 4 nitrogen and oxygen atoms in total. The molecule has 2 unspecified atom stereocenters. The van der Waals surface area contributed by atoms with Gasteiger partial charge in [0.25, 0.3) is 0 Å². The van der Waals surface area contributed by atoms with Gasteiger partial charge in [0.2, 0.25) is 0 Å². The second-order valence-corrected chi connectivity index (χ2v) is 4.68. The van der Waals surface area contributed by atoms with Crippen molar-refractivity contribution in [3.05, 3.63) is 53.1 Å². The standard InChI is InChI=1S/C13H16ClN3O/c1-9(10-3-2-4-11(14)5-10)17-8-16-6-13(17)12(15)7-18/h2-6,8-9,12,18H,7,15H2,1H3. The maximum Gasteiger partial charge on any atom is 0.0954 e. The highest BCUT2D eigenvalue weighted by molar-refractivity contribution is 6.30. The van der Waals surface area contributed by atoms with E-state index >= 15 is 0 Å². The first kappa shape index (κ1) is 13.1. The molecule has 1 aromatic heterocycles. The van der Waals surface area contributed by atoms with Crippen LogP contribution in [-0.4, -0.2) is 21.3 Å². The number of nitrogens with zero attached hydrogens (tertiary/aromatic N) is 2. The quantitative estimate of drug-likeness (QED) is 0.890. The Kier molecular flexibility index (Phi) is 4.01. The Balaban J connectivity index is 2.34. The molecule has 5 heteroatoms. The van der Waals surface area contributed by atoms with Gasteiger partial charge in [0.05, 0.1) is 30.7 Å². The zero-order valence-electron chi connectivity index (χ0n) is 10.1. The molecule has 0 aliphatic carbocycles. The van der Waals surface area contributed by atoms with Crippen molar-refractivity contribution in [2.45, 2.75) is 19.0 Å². The van der Waals surface area contributed by atoms with E-state index in [1.165, 1.54) is 0 Å². The zero-order chi connectivity index (χ0) is 13.1. The number of aliphatic hydroxyl groups is 1. The lowest BCUT2D eigenvalue weighted by molar-refractivity contribution is 0.262. The number of hydrogen-bond donors (Lipinski definition) is 2. The lowest BCUT2D eigenvalue weighted by Gasteiger charge is -2.19. The van der Waals surface area contributed by atoms with Gasteiger partial charge in [0.1, 0.15) is 0 Å². The van der Waals surface area contributed by atoms with Crippen LogP contribution in [0.15, 0.2) is 36.8 Å². The molecular formula is C13H16ClN3O. The Labute approximate surface area is 111 Å². The van der Waals surface area contributed by atoms with Crippen LogP contribution in [0.4, 0.5) is 0 Å². The van der Waals surface area contributed by atoms with Crippen LogP contribution in [0.1, 0.15) is 30.3 Å². The summed E-state index contributed by atoms with van der Waals surface area (Å²) in [7, 11) is 0. The molecule has 2 atom stereocenters. The van der Waals surface area contributed by atoms with Crippen LogP contribution in [0.3, 0.4) is 0 Å². The summed E-state index contributed by atoms with van der Waals surface area (Å²) < 4.78 is 1.95. The van der Waals surface area contributed by atoms with Crippen LogP contribution in [0.5, 0.6) is 0 Å². The number of benzene rings is 1. The first-order valence-corrected chi connectivity index (χ1v) is 6.15. The number of hydrogen-bond acceptors (Lipinski definition) is 3. The molecule has 0 saturated heterocycles. The number of imidazole rings is 1. The molecule has 0 radical (unpaired) electrons. The Hall–Kier alpha value is -1.36. The van der Waals surface area contributed by atoms with Gasteiger partial charge in [0, 0.05) is 11.2 Å². The van der Waals surface area contributed by atoms with Crippen LogP contribution >= 0.6 is 11.6 Å². The molecule has 96 valence electrons. The smallest absolute Gasteiger partial charge is 0.0954 e. The first-order chi connectivity index (χ1) is 8.63. The van der Waals surface area contributed by atoms with Gasteiger partial charge in [-0.25, -0.2) is 4.98 Å². The maximum atomic E-state index is 9.14. The van der Waals surface area contributed by atoms with Crippen molar-refractivity contribution in [1.29, 1.82) is 0 Å². The van der Waals surface area contributed by atoms with Gasteiger partial charge in [0.15, 0.2) is 0 Å². The predicted molar refractivity (Wildman–Crippen MR) is 71.5 cm³/mol. The molecule has 0 amide bonds. The number of nitrogens with two attached hydrogens (primary N) is 1. The van der Waals surface area contributed by atoms with Crippen LogP contribution in [-0.2, 0) is 0 Å². The third-order valence-corrected chi connectivity index (χ3v) is 3.26. The fourth-order valence-corrected chi connectivity index (χ4v) is 2.14. The molecule has 18 heavy (non-hydrogen) atoms. The molecule has 1 aromatic carbocycles. The summed E-state index contributed by atoms with van der Waals surface area (Å²) in [5.74, 6) is 0. The van der Waals surface area contributed by atoms with Gasteiger partial charge in [-0.3, -0.25) is 0 Å². The van der Waals surface area contributed by atoms with E-state index in [9.17, 15) is 0 Å². The van der Waals surface area contributed by atoms with E-state index < -0.39 is 6.04 Å². The average Bonchev–Trinajstić information content (AvgIpc) is 2.86. The van der Waals surface area contributed by atoms with E-state index in [-0.39, 0.29) is 12.6 Å². The van der Waals surface area contributed by atoms with Gasteiger partial charge in [-0.15, -0.1) is 0 Å². The summed E-state index contributed by atoms with van der Waals surface area (Å²) in [6.07, 6.45) is 3.40. The van der Waals surface area contributed by atoms with Crippen molar-refractivity contribution >= 4 is 11.6 Å². The highest BCUT2D eigenvalue weighted by Crippen LogP contribution is 2.24. The number of rotatable bonds is 4. The second-order valence-electron chi connectivity index (χ2n) is 4.25. The second kappa shape index (κ2) is 5.52. The molecule has 0 aliphatic rings. The Morgan fingerprint density at radius 3 is 2.94 bits per heavy atom. The molecule has 1 heterocycles. The van der Waals surface area contributed by atoms with Gasteiger partial charge in [-0.05, 0) is 24.6 Å². The molecule has 0 fully saturated rings. The first-order valence-electron chi connectivity index (χ1n) is 5.77. The molecule has 2 rings (SSSR count). The Morgan fingerprint density at radius 1 is 1.50 bits per heavy atom. The SMILES string of the molecule is CC(c1cccc(Cl)c1)n1cncc1C(N)CO. The highest BCUT2D eigenvalue weighted by atomic mass is 35.5. The zero-order valence-corrected chi connectivity index (χ0v) is 10.9. The van der Waals surface area contributed by atoms with Crippen molar-refractivity contribution < 1.29 is 5.11 Å². The van der Waals surface area contributed by atoms with E-state index in [1.54, 1.807) is 12.5 Å². The molecule has 2 aromatic rings. The summed E-state index contributed by atoms with van der Waals surface area (Å²) in [5, 5.41) is 9.84. The van der Waals surface area contributed by atoms with Crippen LogP contribution < -0.4 is 5.73 Å². The van der Waals surface area contributed by atoms with Gasteiger partial charge in [-0.2, -0.15) is 0 Å². The van der Waals surface area contributed by atoms with E-state index in [2.05, 4.69) is 4.98 Å². The normalized spacial score (nSPS) is 14.4. The fourth-order valence-electron chi connectivity index (χ4n) is 1.95. The Bertz CT molecular complexity index is 526. The van der Waals surface area contributed by atoms with Crippen molar-refractivity contribution in [3.63, 3.8) is 0 Å². The molecule has 0 saturated carbocycles. The molecule has 0 spiro atoms. The topological polar surface area (TPSA) is 64.1 Å². The summed E-state index contributed by atoms with van der Waals surface area (Å²) in [6.45, 7) is 1.94. The van der Waals surface area contributed by atoms with Crippen molar-refractivity contribution in [2.24, 2.45) is 5.73 Å². The van der Waals surface area contributed by atoms with E-state index in [4.69, 9.17) is 22.4 Å². The number of aliphatic hydroxyl groups excluding tert-OH is 1. The predicted octanol–water partition coefficient (Wildman–Crippen LogP) is 2.14. The molecule has 3 N–H and O–H groups in total. The molecule has 0 bridgehead atoms. The maximum absolute atomic E-state index is 9.14. The number of halogens is 1. The van der Waals surface area contributed by atoms with Crippen molar-refractivity contribution in [2.75, 3.05) is 6.61 Å². The third-order valence-electron chi connectivity index (χ3n) is 3.02. The van der Waals surface area contributed by atoms with Crippen LogP contribution in [0.25, 0.3) is 0 Å². The van der Waals surface area contributed by atoms with Gasteiger partial charge >= 0.3 is 0 Å². The fraction of sp³-hybridized carbons (Fsp3) is 0.308. The van der Waals surface area contributed by atoms with Gasteiger partial charge in [-0.1, -0.05) is 23.7 Å². The largest absolute Gasteiger partial charge is 0.394 e. The van der Waals surface area contributed by atoms with Crippen molar-refractivity contribution in [1.82, 2.24) is 9.55 Å². The van der Waals surface area contributed by atoms with Crippen molar-refractivity contribution in [3.8, 4) is 0 Å². The lowest BCUT2D eigenvalue weighted by atomic mass is 10.1. The summed E-state index contributed by atoms with van der Waals surface area (Å²) in [5.41, 5.74) is 7.73. The minimum absolute atomic E-state index is 0.0683. The summed E-state index contributed by atoms with van der Waals surface area (Å²) >= 11 is 5.99. The minimum Gasteiger partial charge on any atom is -0.394 e. The average molecular weight is 266 g/mol. The number of aromatic nitrogens is 2. The molecular weight excluding hydrogens is 250 g/mol. The summed E-state index contributed by atoms with van der Waals surface area (Å²) in [4.78, 5) is 4.10. The van der Waals surface area contributed by atoms with Gasteiger partial charge < -0.3 is 15.4 Å². The van der Waals surface area contributed by atoms with E-state index in [0.29, 0.717) is 5.02 Å². The molecule has 0 aliphatic heterocycles. The van der Waals surface area contributed by atoms with E-state index in [0.717, 1.165) is 11.3 Å².